The molecule has 2 N–H and O–H groups in total. The van der Waals surface area contributed by atoms with Crippen LogP contribution in [0.4, 0.5) is 5.69 Å². The molecule has 1 atom stereocenters. The van der Waals surface area contributed by atoms with Gasteiger partial charge in [0.1, 0.15) is 0 Å². The molecule has 0 aromatic heterocycles. The van der Waals surface area contributed by atoms with Crippen molar-refractivity contribution in [2.24, 2.45) is 5.92 Å². The average Bonchev–Trinajstić information content (AvgIpc) is 2.47. The fourth-order valence-corrected chi connectivity index (χ4v) is 2.47. The Kier molecular flexibility index (Phi) is 4.74. The van der Waals surface area contributed by atoms with Crippen LogP contribution in [0, 0.1) is 5.92 Å². The van der Waals surface area contributed by atoms with E-state index in [1.807, 2.05) is 42.2 Å². The highest BCUT2D eigenvalue weighted by molar-refractivity contribution is 5.94. The van der Waals surface area contributed by atoms with Gasteiger partial charge in [-0.15, -0.1) is 0 Å². The highest BCUT2D eigenvalue weighted by Crippen LogP contribution is 2.19. The topological polar surface area (TPSA) is 69.6 Å². The molecular formula is C15H20N2O3. The highest BCUT2D eigenvalue weighted by atomic mass is 16.4. The van der Waals surface area contributed by atoms with E-state index in [2.05, 4.69) is 5.32 Å². The summed E-state index contributed by atoms with van der Waals surface area (Å²) in [5.41, 5.74) is 0.782. The standard InChI is InChI=1S/C15H20N2O3/c1-11(14(18)16-13-5-3-2-4-6-13)17-9-7-12(8-10-17)15(19)20/h2-6,11-12H,7-10H2,1H3,(H,16,18)(H,19,20). The summed E-state index contributed by atoms with van der Waals surface area (Å²) in [6, 6.07) is 9.10. The number of piperidine rings is 1. The minimum Gasteiger partial charge on any atom is -0.481 e. The van der Waals surface area contributed by atoms with Crippen LogP contribution >= 0.6 is 0 Å². The largest absolute Gasteiger partial charge is 0.481 e. The molecule has 0 spiro atoms. The van der Waals surface area contributed by atoms with Gasteiger partial charge in [0.15, 0.2) is 0 Å². The molecule has 5 heteroatoms. The molecule has 1 aromatic carbocycles. The highest BCUT2D eigenvalue weighted by Gasteiger charge is 2.29. The Hall–Kier alpha value is -1.88. The van der Waals surface area contributed by atoms with Crippen molar-refractivity contribution >= 4 is 17.6 Å². The molecule has 20 heavy (non-hydrogen) atoms. The fraction of sp³-hybridized carbons (Fsp3) is 0.467. The lowest BCUT2D eigenvalue weighted by Crippen LogP contribution is -2.46. The first-order valence-electron chi connectivity index (χ1n) is 6.90. The maximum Gasteiger partial charge on any atom is 0.306 e. The zero-order valence-electron chi connectivity index (χ0n) is 11.6. The number of para-hydroxylation sites is 1. The number of benzene rings is 1. The van der Waals surface area contributed by atoms with Gasteiger partial charge in [-0.3, -0.25) is 14.5 Å². The molecule has 1 unspecified atom stereocenters. The summed E-state index contributed by atoms with van der Waals surface area (Å²) in [7, 11) is 0. The van der Waals surface area contributed by atoms with E-state index in [4.69, 9.17) is 5.11 Å². The van der Waals surface area contributed by atoms with Crippen molar-refractivity contribution in [2.45, 2.75) is 25.8 Å². The van der Waals surface area contributed by atoms with Crippen molar-refractivity contribution < 1.29 is 14.7 Å². The van der Waals surface area contributed by atoms with E-state index in [9.17, 15) is 9.59 Å². The smallest absolute Gasteiger partial charge is 0.306 e. The molecule has 0 radical (unpaired) electrons. The predicted octanol–water partition coefficient (Wildman–Crippen LogP) is 1.81. The van der Waals surface area contributed by atoms with Gasteiger partial charge in [-0.05, 0) is 45.0 Å². The molecule has 0 saturated carbocycles. The first-order chi connectivity index (χ1) is 9.58. The van der Waals surface area contributed by atoms with Gasteiger partial charge in [0.25, 0.3) is 0 Å². The third-order valence-corrected chi connectivity index (χ3v) is 3.85. The predicted molar refractivity (Wildman–Crippen MR) is 76.5 cm³/mol. The minimum atomic E-state index is -0.731. The molecule has 0 aliphatic carbocycles. The van der Waals surface area contributed by atoms with Gasteiger partial charge in [0, 0.05) is 5.69 Å². The van der Waals surface area contributed by atoms with Crippen molar-refractivity contribution in [2.75, 3.05) is 18.4 Å². The summed E-state index contributed by atoms with van der Waals surface area (Å²) in [6.07, 6.45) is 1.22. The number of anilines is 1. The Morgan fingerprint density at radius 3 is 2.40 bits per heavy atom. The molecule has 0 bridgehead atoms. The Morgan fingerprint density at radius 1 is 1.25 bits per heavy atom. The quantitative estimate of drug-likeness (QED) is 0.880. The maximum absolute atomic E-state index is 12.2. The van der Waals surface area contributed by atoms with Gasteiger partial charge in [0.2, 0.25) is 5.91 Å². The minimum absolute atomic E-state index is 0.0509. The first kappa shape index (κ1) is 14.5. The van der Waals surface area contributed by atoms with Gasteiger partial charge < -0.3 is 10.4 Å². The van der Waals surface area contributed by atoms with Gasteiger partial charge in [0.05, 0.1) is 12.0 Å². The van der Waals surface area contributed by atoms with Crippen molar-refractivity contribution in [1.29, 1.82) is 0 Å². The molecule has 1 saturated heterocycles. The number of hydrogen-bond acceptors (Lipinski definition) is 3. The van der Waals surface area contributed by atoms with Crippen molar-refractivity contribution in [3.8, 4) is 0 Å². The molecule has 5 nitrogen and oxygen atoms in total. The number of aliphatic carboxylic acids is 1. The van der Waals surface area contributed by atoms with E-state index < -0.39 is 5.97 Å². The second-order valence-corrected chi connectivity index (χ2v) is 5.18. The Morgan fingerprint density at radius 2 is 1.85 bits per heavy atom. The van der Waals surface area contributed by atoms with Crippen LogP contribution in [0.25, 0.3) is 0 Å². The summed E-state index contributed by atoms with van der Waals surface area (Å²) < 4.78 is 0. The number of rotatable bonds is 4. The molecule has 108 valence electrons. The zero-order valence-corrected chi connectivity index (χ0v) is 11.6. The number of likely N-dealkylation sites (tertiary alicyclic amines) is 1. The lowest BCUT2D eigenvalue weighted by atomic mass is 9.96. The Labute approximate surface area is 118 Å². The molecule has 1 fully saturated rings. The number of carboxylic acids is 1. The normalized spacial score (nSPS) is 18.4. The average molecular weight is 276 g/mol. The van der Waals surface area contributed by atoms with Crippen LogP contribution in [0.2, 0.25) is 0 Å². The number of hydrogen-bond donors (Lipinski definition) is 2. The summed E-state index contributed by atoms with van der Waals surface area (Å²) in [4.78, 5) is 25.1. The monoisotopic (exact) mass is 276 g/mol. The molecule has 1 heterocycles. The second-order valence-electron chi connectivity index (χ2n) is 5.18. The lowest BCUT2D eigenvalue weighted by Gasteiger charge is -2.33. The van der Waals surface area contributed by atoms with Crippen molar-refractivity contribution in [1.82, 2.24) is 4.90 Å². The molecule has 1 aliphatic rings. The summed E-state index contributed by atoms with van der Waals surface area (Å²) in [5.74, 6) is -1.05. The van der Waals surface area contributed by atoms with E-state index in [1.165, 1.54) is 0 Å². The Balaban J connectivity index is 1.87. The van der Waals surface area contributed by atoms with Crippen LogP contribution < -0.4 is 5.32 Å². The number of carbonyl (C=O) groups excluding carboxylic acids is 1. The number of amides is 1. The van der Waals surface area contributed by atoms with Gasteiger partial charge in [-0.1, -0.05) is 18.2 Å². The van der Waals surface area contributed by atoms with Crippen LogP contribution in [-0.4, -0.2) is 41.0 Å². The van der Waals surface area contributed by atoms with E-state index in [1.54, 1.807) is 0 Å². The van der Waals surface area contributed by atoms with Crippen LogP contribution in [0.3, 0.4) is 0 Å². The molecule has 1 aromatic rings. The third kappa shape index (κ3) is 3.57. The van der Waals surface area contributed by atoms with Crippen LogP contribution in [0.1, 0.15) is 19.8 Å². The number of nitrogens with one attached hydrogen (secondary N) is 1. The van der Waals surface area contributed by atoms with E-state index in [-0.39, 0.29) is 17.9 Å². The summed E-state index contributed by atoms with van der Waals surface area (Å²) in [5, 5.41) is 11.8. The number of carboxylic acid groups (broad SMARTS) is 1. The maximum atomic E-state index is 12.2. The zero-order chi connectivity index (χ0) is 14.5. The fourth-order valence-electron chi connectivity index (χ4n) is 2.47. The molecule has 1 aliphatic heterocycles. The number of carbonyl (C=O) groups is 2. The van der Waals surface area contributed by atoms with Crippen molar-refractivity contribution in [3.63, 3.8) is 0 Å². The molecule has 2 rings (SSSR count). The van der Waals surface area contributed by atoms with Gasteiger partial charge in [-0.25, -0.2) is 0 Å². The van der Waals surface area contributed by atoms with Gasteiger partial charge >= 0.3 is 5.97 Å². The van der Waals surface area contributed by atoms with E-state index >= 15 is 0 Å². The van der Waals surface area contributed by atoms with Gasteiger partial charge in [-0.2, -0.15) is 0 Å². The Bertz CT molecular complexity index is 467. The van der Waals surface area contributed by atoms with Crippen LogP contribution in [0.5, 0.6) is 0 Å². The summed E-state index contributed by atoms with van der Waals surface area (Å²) in [6.45, 7) is 3.17. The molecule has 1 amide bonds. The van der Waals surface area contributed by atoms with Crippen LogP contribution in [-0.2, 0) is 9.59 Å². The van der Waals surface area contributed by atoms with Crippen LogP contribution in [0.15, 0.2) is 30.3 Å². The van der Waals surface area contributed by atoms with E-state index in [0.29, 0.717) is 25.9 Å². The lowest BCUT2D eigenvalue weighted by molar-refractivity contribution is -0.143. The first-order valence-corrected chi connectivity index (χ1v) is 6.90. The SMILES string of the molecule is CC(C(=O)Nc1ccccc1)N1CCC(C(=O)O)CC1. The van der Waals surface area contributed by atoms with Crippen molar-refractivity contribution in [3.05, 3.63) is 30.3 Å². The summed E-state index contributed by atoms with van der Waals surface area (Å²) >= 11 is 0. The third-order valence-electron chi connectivity index (χ3n) is 3.85. The molecular weight excluding hydrogens is 256 g/mol. The second kappa shape index (κ2) is 6.52. The van der Waals surface area contributed by atoms with E-state index in [0.717, 1.165) is 5.69 Å². The number of nitrogens with zero attached hydrogens (tertiary/aromatic N) is 1.